The van der Waals surface area contributed by atoms with Gasteiger partial charge in [-0.15, -0.1) is 0 Å². The number of aliphatic imine (C=N–C) groups is 1. The fraction of sp³-hybridized carbons (Fsp3) is 0.158. The number of methoxy groups -OCH3 is 1. The predicted molar refractivity (Wildman–Crippen MR) is 108 cm³/mol. The van der Waals surface area contributed by atoms with Gasteiger partial charge in [-0.25, -0.2) is 4.99 Å². The third-order valence-electron chi connectivity index (χ3n) is 4.05. The maximum Gasteiger partial charge on any atom is 0.322 e. The van der Waals surface area contributed by atoms with Crippen LogP contribution in [-0.4, -0.2) is 28.2 Å². The second-order valence-electron chi connectivity index (χ2n) is 6.08. The van der Waals surface area contributed by atoms with Gasteiger partial charge in [-0.2, -0.15) is 0 Å². The lowest BCUT2D eigenvalue weighted by Crippen LogP contribution is -2.19. The van der Waals surface area contributed by atoms with Crippen molar-refractivity contribution in [3.05, 3.63) is 62.0 Å². The van der Waals surface area contributed by atoms with Gasteiger partial charge >= 0.3 is 5.69 Å². The SMILES string of the molecule is COc1c(O)ccc(/C=C2\SC(=Nc3cc(C)ccc3C)NC2=O)c1[N+](=O)[O-]. The molecule has 1 aliphatic heterocycles. The van der Waals surface area contributed by atoms with Gasteiger partial charge in [0.2, 0.25) is 5.75 Å². The van der Waals surface area contributed by atoms with Gasteiger partial charge in [0.1, 0.15) is 0 Å². The van der Waals surface area contributed by atoms with E-state index in [0.29, 0.717) is 5.17 Å². The molecule has 0 unspecified atom stereocenters. The molecule has 0 bridgehead atoms. The number of aryl methyl sites for hydroxylation is 2. The van der Waals surface area contributed by atoms with Crippen LogP contribution in [0.4, 0.5) is 11.4 Å². The first kappa shape index (κ1) is 19.4. The normalized spacial score (nSPS) is 16.5. The fourth-order valence-electron chi connectivity index (χ4n) is 2.65. The first-order chi connectivity index (χ1) is 13.3. The van der Waals surface area contributed by atoms with Gasteiger partial charge in [-0.05, 0) is 61.0 Å². The summed E-state index contributed by atoms with van der Waals surface area (Å²) in [6.45, 7) is 3.87. The molecule has 1 amide bonds. The average molecular weight is 399 g/mol. The number of rotatable bonds is 4. The zero-order valence-corrected chi connectivity index (χ0v) is 16.2. The van der Waals surface area contributed by atoms with Crippen LogP contribution in [0.3, 0.4) is 0 Å². The quantitative estimate of drug-likeness (QED) is 0.459. The summed E-state index contributed by atoms with van der Waals surface area (Å²) in [5, 5.41) is 24.3. The summed E-state index contributed by atoms with van der Waals surface area (Å²) in [6.07, 6.45) is 1.38. The first-order valence-corrected chi connectivity index (χ1v) is 9.03. The van der Waals surface area contributed by atoms with Crippen molar-refractivity contribution in [2.45, 2.75) is 13.8 Å². The number of amidine groups is 1. The number of benzene rings is 2. The summed E-state index contributed by atoms with van der Waals surface area (Å²) in [7, 11) is 1.23. The van der Waals surface area contributed by atoms with E-state index >= 15 is 0 Å². The Bertz CT molecular complexity index is 1050. The number of hydrogen-bond acceptors (Lipinski definition) is 7. The maximum absolute atomic E-state index is 12.3. The minimum atomic E-state index is -0.659. The van der Waals surface area contributed by atoms with Crippen LogP contribution >= 0.6 is 11.8 Å². The van der Waals surface area contributed by atoms with Gasteiger partial charge in [0.05, 0.1) is 28.2 Å². The van der Waals surface area contributed by atoms with Crippen LogP contribution in [0.15, 0.2) is 40.2 Å². The molecular weight excluding hydrogens is 382 g/mol. The summed E-state index contributed by atoms with van der Waals surface area (Å²) in [5.74, 6) is -1.01. The molecule has 0 radical (unpaired) electrons. The Morgan fingerprint density at radius 3 is 2.71 bits per heavy atom. The number of amides is 1. The maximum atomic E-state index is 12.3. The average Bonchev–Trinajstić information content (AvgIpc) is 2.98. The molecule has 2 N–H and O–H groups in total. The molecule has 1 heterocycles. The van der Waals surface area contributed by atoms with E-state index in [2.05, 4.69) is 10.3 Å². The molecule has 9 heteroatoms. The summed E-state index contributed by atoms with van der Waals surface area (Å²) in [6, 6.07) is 8.46. The number of hydrogen-bond donors (Lipinski definition) is 2. The Labute approximate surface area is 165 Å². The Balaban J connectivity index is 1.99. The third kappa shape index (κ3) is 3.84. The van der Waals surface area contributed by atoms with Crippen molar-refractivity contribution in [2.75, 3.05) is 7.11 Å². The molecule has 8 nitrogen and oxygen atoms in total. The number of nitro benzene ring substituents is 1. The van der Waals surface area contributed by atoms with E-state index in [-0.39, 0.29) is 22.0 Å². The van der Waals surface area contributed by atoms with Crippen LogP contribution < -0.4 is 10.1 Å². The van der Waals surface area contributed by atoms with Crippen LogP contribution in [0.2, 0.25) is 0 Å². The molecule has 1 saturated heterocycles. The first-order valence-electron chi connectivity index (χ1n) is 8.21. The van der Waals surface area contributed by atoms with Gasteiger partial charge in [0, 0.05) is 0 Å². The highest BCUT2D eigenvalue weighted by molar-refractivity contribution is 8.18. The number of nitrogens with one attached hydrogen (secondary N) is 1. The van der Waals surface area contributed by atoms with Crippen molar-refractivity contribution >= 4 is 40.3 Å². The highest BCUT2D eigenvalue weighted by Gasteiger charge is 2.28. The number of nitrogens with zero attached hydrogens (tertiary/aromatic N) is 2. The summed E-state index contributed by atoms with van der Waals surface area (Å²) >= 11 is 1.09. The zero-order chi connectivity index (χ0) is 20.4. The number of aromatic hydroxyl groups is 1. The minimum Gasteiger partial charge on any atom is -0.504 e. The Morgan fingerprint density at radius 2 is 2.04 bits per heavy atom. The molecule has 0 saturated carbocycles. The van der Waals surface area contributed by atoms with Crippen molar-refractivity contribution in [1.29, 1.82) is 0 Å². The van der Waals surface area contributed by atoms with Crippen molar-refractivity contribution in [3.8, 4) is 11.5 Å². The molecule has 144 valence electrons. The van der Waals surface area contributed by atoms with Crippen LogP contribution in [0.25, 0.3) is 6.08 Å². The van der Waals surface area contributed by atoms with E-state index in [1.54, 1.807) is 0 Å². The van der Waals surface area contributed by atoms with E-state index in [4.69, 9.17) is 4.74 Å². The molecule has 0 atom stereocenters. The summed E-state index contributed by atoms with van der Waals surface area (Å²) in [5.41, 5.74) is 2.47. The number of ether oxygens (including phenoxy) is 1. The topological polar surface area (TPSA) is 114 Å². The lowest BCUT2D eigenvalue weighted by atomic mass is 10.1. The van der Waals surface area contributed by atoms with Crippen molar-refractivity contribution in [1.82, 2.24) is 5.32 Å². The summed E-state index contributed by atoms with van der Waals surface area (Å²) < 4.78 is 4.94. The number of nitro groups is 1. The van der Waals surface area contributed by atoms with Gasteiger partial charge in [0.25, 0.3) is 5.91 Å². The second kappa shape index (κ2) is 7.73. The van der Waals surface area contributed by atoms with Gasteiger partial charge < -0.3 is 15.2 Å². The lowest BCUT2D eigenvalue weighted by molar-refractivity contribution is -0.386. The number of carbonyl (C=O) groups excluding carboxylic acids is 1. The molecule has 3 rings (SSSR count). The smallest absolute Gasteiger partial charge is 0.322 e. The monoisotopic (exact) mass is 399 g/mol. The van der Waals surface area contributed by atoms with Crippen LogP contribution in [0, 0.1) is 24.0 Å². The van der Waals surface area contributed by atoms with E-state index in [9.17, 15) is 20.0 Å². The fourth-order valence-corrected chi connectivity index (χ4v) is 3.48. The lowest BCUT2D eigenvalue weighted by Gasteiger charge is -2.06. The van der Waals surface area contributed by atoms with Crippen LogP contribution in [0.1, 0.15) is 16.7 Å². The minimum absolute atomic E-state index is 0.144. The zero-order valence-electron chi connectivity index (χ0n) is 15.3. The molecular formula is C19H17N3O5S. The van der Waals surface area contributed by atoms with Crippen molar-refractivity contribution in [2.24, 2.45) is 4.99 Å². The van der Waals surface area contributed by atoms with Gasteiger partial charge in [0.15, 0.2) is 10.9 Å². The van der Waals surface area contributed by atoms with Crippen LogP contribution in [0.5, 0.6) is 11.5 Å². The number of thioether (sulfide) groups is 1. The van der Waals surface area contributed by atoms with Crippen molar-refractivity contribution < 1.29 is 19.6 Å². The Kier molecular flexibility index (Phi) is 5.36. The van der Waals surface area contributed by atoms with Crippen molar-refractivity contribution in [3.63, 3.8) is 0 Å². The highest BCUT2D eigenvalue weighted by atomic mass is 32.2. The number of phenolic OH excluding ortho intramolecular Hbond substituents is 1. The van der Waals surface area contributed by atoms with Gasteiger partial charge in [-0.3, -0.25) is 14.9 Å². The van der Waals surface area contributed by atoms with E-state index in [1.165, 1.54) is 25.3 Å². The van der Waals surface area contributed by atoms with Gasteiger partial charge in [-0.1, -0.05) is 12.1 Å². The third-order valence-corrected chi connectivity index (χ3v) is 4.96. The number of carbonyl (C=O) groups is 1. The molecule has 28 heavy (non-hydrogen) atoms. The van der Waals surface area contributed by atoms with E-state index in [0.717, 1.165) is 28.6 Å². The Hall–Kier alpha value is -3.33. The highest BCUT2D eigenvalue weighted by Crippen LogP contribution is 2.40. The Morgan fingerprint density at radius 1 is 1.29 bits per heavy atom. The standard InChI is InChI=1S/C19H17N3O5S/c1-10-4-5-11(2)13(8-10)20-19-21-18(24)15(28-19)9-12-6-7-14(23)17(27-3)16(12)22(25)26/h4-9,23H,1-3H3,(H,20,21,24)/b15-9-. The van der Waals surface area contributed by atoms with E-state index in [1.807, 2.05) is 32.0 Å². The predicted octanol–water partition coefficient (Wildman–Crippen LogP) is 3.82. The molecule has 1 aliphatic rings. The molecule has 0 spiro atoms. The summed E-state index contributed by atoms with van der Waals surface area (Å²) in [4.78, 5) is 27.8. The number of phenols is 1. The van der Waals surface area contributed by atoms with Crippen LogP contribution in [-0.2, 0) is 4.79 Å². The molecule has 0 aliphatic carbocycles. The molecule has 1 fully saturated rings. The molecule has 2 aromatic rings. The molecule has 0 aromatic heterocycles. The molecule has 2 aromatic carbocycles. The van der Waals surface area contributed by atoms with E-state index < -0.39 is 16.5 Å². The largest absolute Gasteiger partial charge is 0.504 e. The second-order valence-corrected chi connectivity index (χ2v) is 7.12.